The third kappa shape index (κ3) is 1.88. The van der Waals surface area contributed by atoms with Gasteiger partial charge in [-0.15, -0.1) is 0 Å². The quantitative estimate of drug-likeness (QED) is 0.808. The molecule has 0 aromatic heterocycles. The molecule has 0 bridgehead atoms. The first-order valence-electron chi connectivity index (χ1n) is 4.80. The normalized spacial score (nSPS) is 10.0. The van der Waals surface area contributed by atoms with Crippen LogP contribution in [0.4, 0.5) is 0 Å². The van der Waals surface area contributed by atoms with Gasteiger partial charge in [0.15, 0.2) is 0 Å². The Morgan fingerprint density at radius 1 is 1.00 bits per heavy atom. The summed E-state index contributed by atoms with van der Waals surface area (Å²) < 4.78 is 0. The molecular weight excluding hydrogens is 204 g/mol. The highest BCUT2D eigenvalue weighted by atomic mass is 16.4. The average Bonchev–Trinajstić information content (AvgIpc) is 2.30. The monoisotopic (exact) mass is 214 g/mol. The minimum Gasteiger partial charge on any atom is -0.507 e. The van der Waals surface area contributed by atoms with E-state index in [2.05, 4.69) is 0 Å². The van der Waals surface area contributed by atoms with Crippen LogP contribution in [0.15, 0.2) is 48.5 Å². The topological polar surface area (TPSA) is 57.5 Å². The van der Waals surface area contributed by atoms with Crippen LogP contribution in [0.2, 0.25) is 0 Å². The maximum Gasteiger partial charge on any atom is 0.335 e. The molecule has 0 atom stereocenters. The number of rotatable bonds is 2. The molecule has 80 valence electrons. The van der Waals surface area contributed by atoms with Crippen molar-refractivity contribution in [2.45, 2.75) is 0 Å². The van der Waals surface area contributed by atoms with Crippen molar-refractivity contribution in [1.82, 2.24) is 0 Å². The van der Waals surface area contributed by atoms with Gasteiger partial charge in [0.1, 0.15) is 5.75 Å². The number of aromatic carboxylic acids is 1. The lowest BCUT2D eigenvalue weighted by atomic mass is 10.0. The third-order valence-electron chi connectivity index (χ3n) is 2.33. The van der Waals surface area contributed by atoms with Gasteiger partial charge in [-0.1, -0.05) is 30.3 Å². The summed E-state index contributed by atoms with van der Waals surface area (Å²) in [5, 5.41) is 18.5. The number of carboxylic acids is 1. The predicted molar refractivity (Wildman–Crippen MR) is 60.5 cm³/mol. The Kier molecular flexibility index (Phi) is 2.60. The molecule has 2 N–H and O–H groups in total. The molecule has 0 aliphatic rings. The third-order valence-corrected chi connectivity index (χ3v) is 2.33. The molecule has 0 amide bonds. The standard InChI is InChI=1S/C13H10O3/c14-12-8-10(13(15)16)6-7-11(12)9-4-2-1-3-5-9/h1-8,14H,(H,15,16). The lowest BCUT2D eigenvalue weighted by Crippen LogP contribution is -1.95. The van der Waals surface area contributed by atoms with Crippen LogP contribution in [-0.4, -0.2) is 16.2 Å². The molecule has 16 heavy (non-hydrogen) atoms. The molecule has 0 aliphatic heterocycles. The highest BCUT2D eigenvalue weighted by molar-refractivity contribution is 5.89. The summed E-state index contributed by atoms with van der Waals surface area (Å²) in [5.41, 5.74) is 1.57. The number of carbonyl (C=O) groups is 1. The van der Waals surface area contributed by atoms with Crippen molar-refractivity contribution in [2.24, 2.45) is 0 Å². The Bertz CT molecular complexity index is 518. The number of phenols is 1. The highest BCUT2D eigenvalue weighted by Crippen LogP contribution is 2.29. The zero-order valence-corrected chi connectivity index (χ0v) is 8.42. The maximum absolute atomic E-state index is 10.7. The maximum atomic E-state index is 10.7. The molecule has 3 heteroatoms. The van der Waals surface area contributed by atoms with Gasteiger partial charge >= 0.3 is 5.97 Å². The number of hydrogen-bond acceptors (Lipinski definition) is 2. The van der Waals surface area contributed by atoms with Crippen LogP contribution in [0.3, 0.4) is 0 Å². The van der Waals surface area contributed by atoms with Gasteiger partial charge in [0.05, 0.1) is 5.56 Å². The number of carboxylic acid groups (broad SMARTS) is 1. The molecule has 2 aromatic carbocycles. The molecule has 0 fully saturated rings. The van der Waals surface area contributed by atoms with E-state index in [1.54, 1.807) is 6.07 Å². The summed E-state index contributed by atoms with van der Waals surface area (Å²) in [7, 11) is 0. The van der Waals surface area contributed by atoms with Gasteiger partial charge in [-0.3, -0.25) is 0 Å². The van der Waals surface area contributed by atoms with E-state index in [1.807, 2.05) is 30.3 Å². The average molecular weight is 214 g/mol. The van der Waals surface area contributed by atoms with Crippen LogP contribution < -0.4 is 0 Å². The van der Waals surface area contributed by atoms with E-state index in [0.717, 1.165) is 5.56 Å². The van der Waals surface area contributed by atoms with Crippen molar-refractivity contribution in [3.8, 4) is 16.9 Å². The largest absolute Gasteiger partial charge is 0.507 e. The van der Waals surface area contributed by atoms with Gasteiger partial charge < -0.3 is 10.2 Å². The van der Waals surface area contributed by atoms with E-state index in [9.17, 15) is 9.90 Å². The molecule has 2 aromatic rings. The molecule has 2 rings (SSSR count). The molecule has 0 unspecified atom stereocenters. The molecule has 0 spiro atoms. The number of aromatic hydroxyl groups is 1. The molecule has 0 saturated heterocycles. The van der Waals surface area contributed by atoms with Crippen molar-refractivity contribution in [3.05, 3.63) is 54.1 Å². The van der Waals surface area contributed by atoms with Gasteiger partial charge in [0.25, 0.3) is 0 Å². The van der Waals surface area contributed by atoms with Gasteiger partial charge in [0, 0.05) is 5.56 Å². The number of phenolic OH excluding ortho intramolecular Hbond substituents is 1. The summed E-state index contributed by atoms with van der Waals surface area (Å²) in [6.45, 7) is 0. The van der Waals surface area contributed by atoms with Gasteiger partial charge in [-0.2, -0.15) is 0 Å². The Morgan fingerprint density at radius 3 is 2.25 bits per heavy atom. The van der Waals surface area contributed by atoms with Crippen molar-refractivity contribution >= 4 is 5.97 Å². The van der Waals surface area contributed by atoms with E-state index in [0.29, 0.717) is 5.56 Å². The molecule has 3 nitrogen and oxygen atoms in total. The first kappa shape index (κ1) is 10.2. The van der Waals surface area contributed by atoms with Gasteiger partial charge in [-0.05, 0) is 23.8 Å². The van der Waals surface area contributed by atoms with E-state index in [-0.39, 0.29) is 11.3 Å². The van der Waals surface area contributed by atoms with E-state index >= 15 is 0 Å². The summed E-state index contributed by atoms with van der Waals surface area (Å²) in [6.07, 6.45) is 0. The minimum absolute atomic E-state index is 0.0221. The summed E-state index contributed by atoms with van der Waals surface area (Å²) in [6, 6.07) is 13.7. The summed E-state index contributed by atoms with van der Waals surface area (Å²) in [4.78, 5) is 10.7. The van der Waals surface area contributed by atoms with E-state index in [4.69, 9.17) is 5.11 Å². The SMILES string of the molecule is O=C(O)c1ccc(-c2ccccc2)c(O)c1. The zero-order valence-electron chi connectivity index (χ0n) is 8.42. The van der Waals surface area contributed by atoms with Crippen LogP contribution in [-0.2, 0) is 0 Å². The Balaban J connectivity index is 2.48. The molecular formula is C13H10O3. The van der Waals surface area contributed by atoms with Gasteiger partial charge in [0.2, 0.25) is 0 Å². The fraction of sp³-hybridized carbons (Fsp3) is 0. The second-order valence-electron chi connectivity index (χ2n) is 3.40. The van der Waals surface area contributed by atoms with Crippen LogP contribution >= 0.6 is 0 Å². The first-order valence-corrected chi connectivity index (χ1v) is 4.80. The lowest BCUT2D eigenvalue weighted by Gasteiger charge is -2.05. The van der Waals surface area contributed by atoms with Crippen LogP contribution in [0.5, 0.6) is 5.75 Å². The van der Waals surface area contributed by atoms with E-state index in [1.165, 1.54) is 12.1 Å². The van der Waals surface area contributed by atoms with Crippen molar-refractivity contribution in [2.75, 3.05) is 0 Å². The summed E-state index contributed by atoms with van der Waals surface area (Å²) >= 11 is 0. The fourth-order valence-electron chi connectivity index (χ4n) is 1.53. The number of benzene rings is 2. The fourth-order valence-corrected chi connectivity index (χ4v) is 1.53. The molecule has 0 saturated carbocycles. The Labute approximate surface area is 92.6 Å². The molecule has 0 aliphatic carbocycles. The molecule has 0 radical (unpaired) electrons. The van der Waals surface area contributed by atoms with E-state index < -0.39 is 5.97 Å². The highest BCUT2D eigenvalue weighted by Gasteiger charge is 2.08. The minimum atomic E-state index is -1.05. The Morgan fingerprint density at radius 2 is 1.69 bits per heavy atom. The van der Waals surface area contributed by atoms with Crippen molar-refractivity contribution in [1.29, 1.82) is 0 Å². The first-order chi connectivity index (χ1) is 7.68. The Hall–Kier alpha value is -2.29. The second kappa shape index (κ2) is 4.06. The second-order valence-corrected chi connectivity index (χ2v) is 3.40. The van der Waals surface area contributed by atoms with Crippen LogP contribution in [0, 0.1) is 0 Å². The van der Waals surface area contributed by atoms with Gasteiger partial charge in [-0.25, -0.2) is 4.79 Å². The van der Waals surface area contributed by atoms with Crippen molar-refractivity contribution < 1.29 is 15.0 Å². The molecule has 0 heterocycles. The van der Waals surface area contributed by atoms with Crippen LogP contribution in [0.25, 0.3) is 11.1 Å². The lowest BCUT2D eigenvalue weighted by molar-refractivity contribution is 0.0696. The smallest absolute Gasteiger partial charge is 0.335 e. The van der Waals surface area contributed by atoms with Crippen molar-refractivity contribution in [3.63, 3.8) is 0 Å². The zero-order chi connectivity index (χ0) is 11.5. The summed E-state index contributed by atoms with van der Waals surface area (Å²) in [5.74, 6) is -1.07. The van der Waals surface area contributed by atoms with Crippen LogP contribution in [0.1, 0.15) is 10.4 Å². The predicted octanol–water partition coefficient (Wildman–Crippen LogP) is 2.76. The number of hydrogen-bond donors (Lipinski definition) is 2.